The van der Waals surface area contributed by atoms with E-state index < -0.39 is 18.1 Å². The quantitative estimate of drug-likeness (QED) is 0.708. The van der Waals surface area contributed by atoms with Gasteiger partial charge < -0.3 is 20.5 Å². The van der Waals surface area contributed by atoms with Crippen LogP contribution in [0.3, 0.4) is 0 Å². The van der Waals surface area contributed by atoms with Crippen LogP contribution in [0.4, 0.5) is 0 Å². The molecule has 1 aromatic rings. The second kappa shape index (κ2) is 6.31. The van der Waals surface area contributed by atoms with Crippen LogP contribution in [0.2, 0.25) is 0 Å². The molecule has 6 nitrogen and oxygen atoms in total. The number of amides is 1. The number of hydrogen-bond acceptors (Lipinski definition) is 4. The van der Waals surface area contributed by atoms with E-state index in [1.807, 2.05) is 0 Å². The molecule has 2 atom stereocenters. The highest BCUT2D eigenvalue weighted by Gasteiger charge is 2.27. The van der Waals surface area contributed by atoms with Crippen molar-refractivity contribution < 1.29 is 19.4 Å². The Morgan fingerprint density at radius 3 is 2.68 bits per heavy atom. The van der Waals surface area contributed by atoms with Crippen molar-refractivity contribution in [1.82, 2.24) is 10.6 Å². The first-order valence-corrected chi connectivity index (χ1v) is 6.08. The van der Waals surface area contributed by atoms with E-state index in [1.165, 1.54) is 0 Å². The van der Waals surface area contributed by atoms with Crippen LogP contribution in [0.25, 0.3) is 0 Å². The molecule has 6 heteroatoms. The van der Waals surface area contributed by atoms with Crippen molar-refractivity contribution in [2.75, 3.05) is 19.8 Å². The zero-order valence-corrected chi connectivity index (χ0v) is 10.3. The second-order valence-corrected chi connectivity index (χ2v) is 4.27. The number of carbonyl (C=O) groups excluding carboxylic acids is 1. The Morgan fingerprint density at radius 2 is 2.11 bits per heavy atom. The van der Waals surface area contributed by atoms with Gasteiger partial charge in [0.1, 0.15) is 6.04 Å². The van der Waals surface area contributed by atoms with Crippen molar-refractivity contribution in [3.05, 3.63) is 35.9 Å². The second-order valence-electron chi connectivity index (χ2n) is 4.27. The minimum Gasteiger partial charge on any atom is -0.479 e. The molecule has 3 N–H and O–H groups in total. The van der Waals surface area contributed by atoms with Crippen LogP contribution in [0.1, 0.15) is 11.6 Å². The first kappa shape index (κ1) is 13.5. The SMILES string of the molecule is O=C(N[C@@H](C(=O)O)c1ccccc1)C1COCCN1. The molecular weight excluding hydrogens is 248 g/mol. The zero-order chi connectivity index (χ0) is 13.7. The van der Waals surface area contributed by atoms with E-state index in [0.717, 1.165) is 0 Å². The van der Waals surface area contributed by atoms with Crippen LogP contribution < -0.4 is 10.6 Å². The summed E-state index contributed by atoms with van der Waals surface area (Å²) < 4.78 is 5.18. The fourth-order valence-electron chi connectivity index (χ4n) is 1.91. The molecule has 1 heterocycles. The predicted octanol–water partition coefficient (Wildman–Crippen LogP) is -0.0831. The highest BCUT2D eigenvalue weighted by molar-refractivity contribution is 5.87. The van der Waals surface area contributed by atoms with Gasteiger partial charge in [-0.2, -0.15) is 0 Å². The van der Waals surface area contributed by atoms with Gasteiger partial charge in [-0.25, -0.2) is 4.79 Å². The Balaban J connectivity index is 2.04. The summed E-state index contributed by atoms with van der Waals surface area (Å²) in [5.74, 6) is -1.45. The summed E-state index contributed by atoms with van der Waals surface area (Å²) >= 11 is 0. The number of ether oxygens (including phenoxy) is 1. The summed E-state index contributed by atoms with van der Waals surface area (Å²) in [4.78, 5) is 23.2. The van der Waals surface area contributed by atoms with E-state index >= 15 is 0 Å². The third kappa shape index (κ3) is 3.52. The average molecular weight is 264 g/mol. The smallest absolute Gasteiger partial charge is 0.330 e. The van der Waals surface area contributed by atoms with Gasteiger partial charge in [0.2, 0.25) is 5.91 Å². The zero-order valence-electron chi connectivity index (χ0n) is 10.3. The van der Waals surface area contributed by atoms with Gasteiger partial charge in [-0.1, -0.05) is 30.3 Å². The molecule has 0 aromatic heterocycles. The van der Waals surface area contributed by atoms with Gasteiger partial charge >= 0.3 is 5.97 Å². The Kier molecular flexibility index (Phi) is 4.48. The van der Waals surface area contributed by atoms with E-state index in [1.54, 1.807) is 30.3 Å². The number of aliphatic carboxylic acids is 1. The van der Waals surface area contributed by atoms with Crippen LogP contribution in [0.5, 0.6) is 0 Å². The van der Waals surface area contributed by atoms with Crippen molar-refractivity contribution >= 4 is 11.9 Å². The van der Waals surface area contributed by atoms with Crippen molar-refractivity contribution in [3.63, 3.8) is 0 Å². The van der Waals surface area contributed by atoms with Gasteiger partial charge in [0.15, 0.2) is 6.04 Å². The molecule has 19 heavy (non-hydrogen) atoms. The normalized spacial score (nSPS) is 20.5. The predicted molar refractivity (Wildman–Crippen MR) is 67.6 cm³/mol. The maximum atomic E-state index is 12.0. The monoisotopic (exact) mass is 264 g/mol. The molecule has 1 aromatic carbocycles. The van der Waals surface area contributed by atoms with Gasteiger partial charge in [0, 0.05) is 6.54 Å². The Bertz CT molecular complexity index is 443. The number of carboxylic acids is 1. The highest BCUT2D eigenvalue weighted by atomic mass is 16.5. The van der Waals surface area contributed by atoms with Crippen LogP contribution >= 0.6 is 0 Å². The Morgan fingerprint density at radius 1 is 1.37 bits per heavy atom. The van der Waals surface area contributed by atoms with Crippen molar-refractivity contribution in [2.24, 2.45) is 0 Å². The van der Waals surface area contributed by atoms with Gasteiger partial charge in [0.05, 0.1) is 13.2 Å². The van der Waals surface area contributed by atoms with Crippen molar-refractivity contribution in [2.45, 2.75) is 12.1 Å². The summed E-state index contributed by atoms with van der Waals surface area (Å²) in [5, 5.41) is 14.7. The van der Waals surface area contributed by atoms with Crippen molar-refractivity contribution in [1.29, 1.82) is 0 Å². The first-order valence-electron chi connectivity index (χ1n) is 6.08. The maximum Gasteiger partial charge on any atom is 0.330 e. The number of carbonyl (C=O) groups is 2. The molecule has 1 aliphatic heterocycles. The van der Waals surface area contributed by atoms with Crippen LogP contribution in [0, 0.1) is 0 Å². The molecule has 0 spiro atoms. The summed E-state index contributed by atoms with van der Waals surface area (Å²) in [6.45, 7) is 1.40. The molecule has 1 saturated heterocycles. The summed E-state index contributed by atoms with van der Waals surface area (Å²) in [6, 6.07) is 7.06. The number of morpholine rings is 1. The molecule has 1 aliphatic rings. The molecule has 1 fully saturated rings. The highest BCUT2D eigenvalue weighted by Crippen LogP contribution is 2.13. The average Bonchev–Trinajstić information content (AvgIpc) is 2.46. The lowest BCUT2D eigenvalue weighted by molar-refractivity contribution is -0.142. The van der Waals surface area contributed by atoms with Gasteiger partial charge in [-0.05, 0) is 5.56 Å². The topological polar surface area (TPSA) is 87.7 Å². The van der Waals surface area contributed by atoms with Gasteiger partial charge in [-0.3, -0.25) is 4.79 Å². The van der Waals surface area contributed by atoms with Crippen molar-refractivity contribution in [3.8, 4) is 0 Å². The Hall–Kier alpha value is -1.92. The lowest BCUT2D eigenvalue weighted by atomic mass is 10.1. The first-order chi connectivity index (χ1) is 9.18. The maximum absolute atomic E-state index is 12.0. The largest absolute Gasteiger partial charge is 0.479 e. The molecule has 1 amide bonds. The van der Waals surface area contributed by atoms with Gasteiger partial charge in [0.25, 0.3) is 0 Å². The van der Waals surface area contributed by atoms with Crippen LogP contribution in [-0.4, -0.2) is 42.8 Å². The molecule has 1 unspecified atom stereocenters. The van der Waals surface area contributed by atoms with Gasteiger partial charge in [-0.15, -0.1) is 0 Å². The number of rotatable bonds is 4. The lowest BCUT2D eigenvalue weighted by Gasteiger charge is -2.24. The third-order valence-electron chi connectivity index (χ3n) is 2.90. The minimum atomic E-state index is -1.09. The molecule has 102 valence electrons. The van der Waals surface area contributed by atoms with E-state index in [4.69, 9.17) is 4.74 Å². The minimum absolute atomic E-state index is 0.257. The van der Waals surface area contributed by atoms with Crippen LogP contribution in [-0.2, 0) is 14.3 Å². The number of benzene rings is 1. The van der Waals surface area contributed by atoms with E-state index in [9.17, 15) is 14.7 Å². The number of nitrogens with one attached hydrogen (secondary N) is 2. The Labute approximate surface area is 110 Å². The molecule has 2 rings (SSSR count). The summed E-state index contributed by atoms with van der Waals surface area (Å²) in [5.41, 5.74) is 0.542. The van der Waals surface area contributed by atoms with E-state index in [0.29, 0.717) is 18.7 Å². The van der Waals surface area contributed by atoms with E-state index in [2.05, 4.69) is 10.6 Å². The molecule has 0 radical (unpaired) electrons. The standard InChI is InChI=1S/C13H16N2O4/c16-12(10-8-19-7-6-14-10)15-11(13(17)18)9-4-2-1-3-5-9/h1-5,10-11,14H,6-8H2,(H,15,16)(H,17,18)/t10?,11-/m1/s1. The number of carboxylic acid groups (broad SMARTS) is 1. The van der Waals surface area contributed by atoms with Crippen LogP contribution in [0.15, 0.2) is 30.3 Å². The fraction of sp³-hybridized carbons (Fsp3) is 0.385. The number of hydrogen-bond donors (Lipinski definition) is 3. The molecular formula is C13H16N2O4. The third-order valence-corrected chi connectivity index (χ3v) is 2.90. The van der Waals surface area contributed by atoms with E-state index in [-0.39, 0.29) is 12.5 Å². The summed E-state index contributed by atoms with van der Waals surface area (Å²) in [7, 11) is 0. The molecule has 0 saturated carbocycles. The molecule has 0 aliphatic carbocycles. The summed E-state index contributed by atoms with van der Waals surface area (Å²) in [6.07, 6.45) is 0. The molecule has 0 bridgehead atoms. The lowest BCUT2D eigenvalue weighted by Crippen LogP contribution is -2.52. The fourth-order valence-corrected chi connectivity index (χ4v) is 1.91.